The third-order valence-electron chi connectivity index (χ3n) is 1.17. The number of hydrogen-bond donors (Lipinski definition) is 2. The molecule has 0 aliphatic carbocycles. The Morgan fingerprint density at radius 1 is 1.00 bits per heavy atom. The maximum Gasteiger partial charge on any atom is 2.00 e. The van der Waals surface area contributed by atoms with Crippen LogP contribution < -0.4 is 0 Å². The molecule has 0 rings (SSSR count). The summed E-state index contributed by atoms with van der Waals surface area (Å²) < 4.78 is 20.3. The minimum absolute atomic E-state index is 0. The Kier molecular flexibility index (Phi) is 12.8. The third-order valence-corrected chi connectivity index (χ3v) is 3.52. The minimum atomic E-state index is -2.65. The Morgan fingerprint density at radius 3 is 1.08 bits per heavy atom. The minimum Gasteiger partial charge on any atom is -1.00 e. The molecule has 0 fully saturated rings. The van der Waals surface area contributed by atoms with Gasteiger partial charge in [0, 0.05) is 25.7 Å². The zero-order chi connectivity index (χ0) is 10.4. The van der Waals surface area contributed by atoms with E-state index < -0.39 is 14.7 Å². The van der Waals surface area contributed by atoms with Crippen LogP contribution in [-0.4, -0.2) is 58.5 Å². The first-order chi connectivity index (χ1) is 5.12. The van der Waals surface area contributed by atoms with Gasteiger partial charge in [0.2, 0.25) is 0 Å². The van der Waals surface area contributed by atoms with E-state index in [9.17, 15) is 9.13 Å². The largest absolute Gasteiger partial charge is 2.00 e. The summed E-state index contributed by atoms with van der Waals surface area (Å²) in [7, 11) is -5.29. The van der Waals surface area contributed by atoms with E-state index in [1.54, 1.807) is 13.8 Å². The van der Waals surface area contributed by atoms with Crippen LogP contribution in [-0.2, 0) is 9.13 Å². The molecule has 0 aromatic rings. The van der Waals surface area contributed by atoms with Gasteiger partial charge in [-0.2, -0.15) is 0 Å². The zero-order valence-electron chi connectivity index (χ0n) is 10.7. The molecule has 80 valence electrons. The van der Waals surface area contributed by atoms with Crippen molar-refractivity contribution in [2.75, 3.05) is 25.7 Å². The van der Waals surface area contributed by atoms with Crippen LogP contribution in [0.15, 0.2) is 0 Å². The predicted octanol–water partition coefficient (Wildman–Crippen LogP) is 1.66. The fourth-order valence-electron chi connectivity index (χ4n) is 0. The van der Waals surface area contributed by atoms with Crippen LogP contribution in [0.4, 0.5) is 0 Å². The fraction of sp³-hybridized carbons (Fsp3) is 1.00. The maximum absolute atomic E-state index is 10.1. The van der Waals surface area contributed by atoms with Crippen LogP contribution in [0, 0.1) is 0 Å². The Hall–Kier alpha value is 1.15. The van der Waals surface area contributed by atoms with Crippen LogP contribution >= 0.6 is 14.7 Å². The van der Waals surface area contributed by atoms with Gasteiger partial charge in [0.05, 0.1) is 0 Å². The standard InChI is InChI=1S/2C3H9O2P.Mg.2H/c2*1-3-6(2,4)5;;;/h2*3H2,1-2H3,(H,4,5);;;/q;;+2;2*-1. The molecule has 0 saturated heterocycles. The molecule has 0 aliphatic heterocycles. The summed E-state index contributed by atoms with van der Waals surface area (Å²) >= 11 is 0. The summed E-state index contributed by atoms with van der Waals surface area (Å²) in [6.45, 7) is 6.10. The van der Waals surface area contributed by atoms with Crippen molar-refractivity contribution in [2.45, 2.75) is 13.8 Å². The van der Waals surface area contributed by atoms with Gasteiger partial charge in [0.15, 0.2) is 14.7 Å². The summed E-state index contributed by atoms with van der Waals surface area (Å²) in [5.74, 6) is 0. The predicted molar refractivity (Wildman–Crippen MR) is 60.6 cm³/mol. The molecular weight excluding hydrogens is 222 g/mol. The van der Waals surface area contributed by atoms with E-state index in [-0.39, 0.29) is 25.9 Å². The van der Waals surface area contributed by atoms with E-state index in [1.807, 2.05) is 0 Å². The average Bonchev–Trinajstić information content (AvgIpc) is 1.86. The molecule has 0 saturated carbocycles. The maximum atomic E-state index is 10.1. The average molecular weight is 242 g/mol. The summed E-state index contributed by atoms with van der Waals surface area (Å²) in [4.78, 5) is 16.8. The van der Waals surface area contributed by atoms with Crippen molar-refractivity contribution < 1.29 is 21.8 Å². The van der Waals surface area contributed by atoms with Crippen LogP contribution in [0.1, 0.15) is 16.7 Å². The molecule has 2 unspecified atom stereocenters. The van der Waals surface area contributed by atoms with E-state index in [2.05, 4.69) is 0 Å². The van der Waals surface area contributed by atoms with Crippen LogP contribution in [0.2, 0.25) is 0 Å². The molecule has 0 aromatic heterocycles. The van der Waals surface area contributed by atoms with Gasteiger partial charge in [-0.15, -0.1) is 0 Å². The van der Waals surface area contributed by atoms with Gasteiger partial charge >= 0.3 is 23.1 Å². The molecule has 0 aliphatic rings. The van der Waals surface area contributed by atoms with Gasteiger partial charge in [-0.25, -0.2) is 0 Å². The molecule has 0 heterocycles. The van der Waals surface area contributed by atoms with E-state index in [1.165, 1.54) is 13.3 Å². The van der Waals surface area contributed by atoms with E-state index >= 15 is 0 Å². The van der Waals surface area contributed by atoms with Gasteiger partial charge in [0.1, 0.15) is 0 Å². The number of rotatable bonds is 2. The first kappa shape index (κ1) is 19.7. The molecule has 2 N–H and O–H groups in total. The van der Waals surface area contributed by atoms with Crippen molar-refractivity contribution in [1.82, 2.24) is 0 Å². The molecule has 0 aromatic carbocycles. The quantitative estimate of drug-likeness (QED) is 0.570. The summed E-state index contributed by atoms with van der Waals surface area (Å²) in [6, 6.07) is 0. The first-order valence-electron chi connectivity index (χ1n) is 3.71. The second-order valence-electron chi connectivity index (χ2n) is 2.73. The van der Waals surface area contributed by atoms with Crippen molar-refractivity contribution >= 4 is 37.8 Å². The van der Waals surface area contributed by atoms with Crippen LogP contribution in [0.5, 0.6) is 0 Å². The van der Waals surface area contributed by atoms with Gasteiger partial charge in [0.25, 0.3) is 0 Å². The summed E-state index contributed by atoms with van der Waals surface area (Å²) in [5.41, 5.74) is 0. The topological polar surface area (TPSA) is 74.6 Å². The summed E-state index contributed by atoms with van der Waals surface area (Å²) in [5, 5.41) is 0. The van der Waals surface area contributed by atoms with Crippen molar-refractivity contribution in [3.63, 3.8) is 0 Å². The molecule has 7 heteroatoms. The molecule has 0 spiro atoms. The molecule has 0 radical (unpaired) electrons. The van der Waals surface area contributed by atoms with Gasteiger partial charge in [-0.1, -0.05) is 13.8 Å². The van der Waals surface area contributed by atoms with Crippen LogP contribution in [0.25, 0.3) is 0 Å². The molecule has 0 amide bonds. The SMILES string of the molecule is CCP(C)(=O)O.CCP(C)(=O)O.[H-].[H-].[Mg+2]. The Balaban J connectivity index is -0.0000000370. The molecule has 2 atom stereocenters. The second-order valence-corrected chi connectivity index (χ2v) is 8.20. The Labute approximate surface area is 99.2 Å². The normalized spacial score (nSPS) is 18.3. The molecule has 13 heavy (non-hydrogen) atoms. The van der Waals surface area contributed by atoms with Gasteiger partial charge in [-0.3, -0.25) is 9.13 Å². The van der Waals surface area contributed by atoms with Gasteiger partial charge < -0.3 is 12.6 Å². The summed E-state index contributed by atoms with van der Waals surface area (Å²) in [6.07, 6.45) is 0.764. The van der Waals surface area contributed by atoms with Crippen molar-refractivity contribution in [2.24, 2.45) is 0 Å². The van der Waals surface area contributed by atoms with Crippen LogP contribution in [0.3, 0.4) is 0 Å². The Morgan fingerprint density at radius 2 is 1.08 bits per heavy atom. The second kappa shape index (κ2) is 8.45. The molecule has 4 nitrogen and oxygen atoms in total. The first-order valence-corrected chi connectivity index (χ1v) is 8.29. The van der Waals surface area contributed by atoms with Gasteiger partial charge in [-0.05, 0) is 0 Å². The van der Waals surface area contributed by atoms with Crippen molar-refractivity contribution in [1.29, 1.82) is 0 Å². The molecular formula is C6H20MgO4P2. The molecule has 0 bridgehead atoms. The van der Waals surface area contributed by atoms with Crippen molar-refractivity contribution in [3.05, 3.63) is 0 Å². The van der Waals surface area contributed by atoms with Crippen molar-refractivity contribution in [3.8, 4) is 0 Å². The monoisotopic (exact) mass is 242 g/mol. The van der Waals surface area contributed by atoms with E-state index in [0.717, 1.165) is 0 Å². The fourth-order valence-corrected chi connectivity index (χ4v) is 0. The van der Waals surface area contributed by atoms with E-state index in [4.69, 9.17) is 9.79 Å². The smallest absolute Gasteiger partial charge is 1.00 e. The third kappa shape index (κ3) is 32.0. The zero-order valence-corrected chi connectivity index (χ0v) is 11.9. The number of hydrogen-bond acceptors (Lipinski definition) is 2. The Bertz CT molecular complexity index is 181. The van der Waals surface area contributed by atoms with E-state index in [0.29, 0.717) is 12.3 Å².